The summed E-state index contributed by atoms with van der Waals surface area (Å²) in [7, 11) is 0. The van der Waals surface area contributed by atoms with E-state index in [4.69, 9.17) is 5.73 Å². The lowest BCUT2D eigenvalue weighted by Gasteiger charge is -2.18. The molecule has 82 valence electrons. The average Bonchev–Trinajstić information content (AvgIpc) is 3.04. The lowest BCUT2D eigenvalue weighted by atomic mass is 10.2. The predicted molar refractivity (Wildman–Crippen MR) is 65.9 cm³/mol. The zero-order valence-corrected chi connectivity index (χ0v) is 10.4. The van der Waals surface area contributed by atoms with Crippen molar-refractivity contribution in [1.29, 1.82) is 0 Å². The number of nitrogens with zero attached hydrogens (tertiary/aromatic N) is 1. The number of aromatic nitrogens is 1. The first-order valence-electron chi connectivity index (χ1n) is 5.30. The maximum atomic E-state index is 5.74. The summed E-state index contributed by atoms with van der Waals surface area (Å²) in [6.45, 7) is 2.73. The molecule has 3 nitrogen and oxygen atoms in total. The Morgan fingerprint density at radius 1 is 1.67 bits per heavy atom. The molecule has 0 saturated heterocycles. The molecule has 15 heavy (non-hydrogen) atoms. The molecular weight excluding hydrogens is 254 g/mol. The minimum atomic E-state index is 0.371. The standard InChI is InChI=1S/C11H16BrN3/c1-7-4-5-14-11(10(7)12)15-9(6-13)8-2-3-8/h4-5,8-9H,2-3,6,13H2,1H3,(H,14,15). The molecule has 1 saturated carbocycles. The normalized spacial score (nSPS) is 17.5. The molecule has 0 aliphatic heterocycles. The first kappa shape index (κ1) is 10.9. The Labute approximate surface area is 98.6 Å². The van der Waals surface area contributed by atoms with Crippen LogP contribution in [-0.2, 0) is 0 Å². The number of pyridine rings is 1. The van der Waals surface area contributed by atoms with E-state index in [1.54, 1.807) is 0 Å². The fourth-order valence-electron chi connectivity index (χ4n) is 1.68. The van der Waals surface area contributed by atoms with E-state index in [1.165, 1.54) is 18.4 Å². The molecule has 0 amide bonds. The van der Waals surface area contributed by atoms with E-state index >= 15 is 0 Å². The van der Waals surface area contributed by atoms with E-state index in [-0.39, 0.29) is 0 Å². The van der Waals surface area contributed by atoms with Gasteiger partial charge >= 0.3 is 0 Å². The molecule has 4 heteroatoms. The number of hydrogen-bond donors (Lipinski definition) is 2. The van der Waals surface area contributed by atoms with Crippen molar-refractivity contribution < 1.29 is 0 Å². The average molecular weight is 270 g/mol. The molecule has 1 aliphatic rings. The summed E-state index contributed by atoms with van der Waals surface area (Å²) in [6.07, 6.45) is 4.40. The Kier molecular flexibility index (Phi) is 3.26. The quantitative estimate of drug-likeness (QED) is 0.882. The smallest absolute Gasteiger partial charge is 0.140 e. The van der Waals surface area contributed by atoms with Gasteiger partial charge in [-0.3, -0.25) is 0 Å². The molecule has 2 rings (SSSR count). The van der Waals surface area contributed by atoms with Crippen molar-refractivity contribution >= 4 is 21.7 Å². The molecule has 3 N–H and O–H groups in total. The zero-order chi connectivity index (χ0) is 10.8. The largest absolute Gasteiger partial charge is 0.365 e. The lowest BCUT2D eigenvalue weighted by molar-refractivity contribution is 0.642. The molecular formula is C11H16BrN3. The van der Waals surface area contributed by atoms with Crippen LogP contribution in [0, 0.1) is 12.8 Å². The SMILES string of the molecule is Cc1ccnc(NC(CN)C2CC2)c1Br. The maximum absolute atomic E-state index is 5.74. The number of anilines is 1. The number of aryl methyl sites for hydroxylation is 1. The van der Waals surface area contributed by atoms with Crippen molar-refractivity contribution in [3.63, 3.8) is 0 Å². The minimum absolute atomic E-state index is 0.371. The van der Waals surface area contributed by atoms with Crippen LogP contribution in [0.15, 0.2) is 16.7 Å². The molecule has 1 fully saturated rings. The summed E-state index contributed by atoms with van der Waals surface area (Å²) in [5, 5.41) is 3.42. The Balaban J connectivity index is 2.11. The Morgan fingerprint density at radius 3 is 3.00 bits per heavy atom. The van der Waals surface area contributed by atoms with Crippen molar-refractivity contribution in [3.8, 4) is 0 Å². The molecule has 0 radical (unpaired) electrons. The number of nitrogens with two attached hydrogens (primary N) is 1. The van der Waals surface area contributed by atoms with Crippen LogP contribution in [0.5, 0.6) is 0 Å². The highest BCUT2D eigenvalue weighted by molar-refractivity contribution is 9.10. The van der Waals surface area contributed by atoms with Crippen molar-refractivity contribution in [1.82, 2.24) is 4.98 Å². The van der Waals surface area contributed by atoms with Crippen LogP contribution in [0.4, 0.5) is 5.82 Å². The van der Waals surface area contributed by atoms with Crippen LogP contribution in [0.1, 0.15) is 18.4 Å². The van der Waals surface area contributed by atoms with Gasteiger partial charge in [0.25, 0.3) is 0 Å². The summed E-state index contributed by atoms with van der Waals surface area (Å²) in [4.78, 5) is 4.32. The molecule has 1 aliphatic carbocycles. The topological polar surface area (TPSA) is 50.9 Å². The summed E-state index contributed by atoms with van der Waals surface area (Å²) in [5.74, 6) is 1.65. The lowest BCUT2D eigenvalue weighted by Crippen LogP contribution is -2.31. The van der Waals surface area contributed by atoms with Gasteiger partial charge in [-0.2, -0.15) is 0 Å². The van der Waals surface area contributed by atoms with Gasteiger partial charge in [0.1, 0.15) is 5.82 Å². The summed E-state index contributed by atoms with van der Waals surface area (Å²) < 4.78 is 1.05. The molecule has 1 heterocycles. The molecule has 1 aromatic heterocycles. The highest BCUT2D eigenvalue weighted by atomic mass is 79.9. The second-order valence-electron chi connectivity index (χ2n) is 4.11. The van der Waals surface area contributed by atoms with Crippen molar-refractivity contribution in [2.45, 2.75) is 25.8 Å². The number of rotatable bonds is 4. The number of halogens is 1. The predicted octanol–water partition coefficient (Wildman–Crippen LogP) is 2.30. The molecule has 0 aromatic carbocycles. The number of nitrogens with one attached hydrogen (secondary N) is 1. The molecule has 0 spiro atoms. The molecule has 1 unspecified atom stereocenters. The molecule has 1 aromatic rings. The van der Waals surface area contributed by atoms with E-state index in [0.29, 0.717) is 12.6 Å². The monoisotopic (exact) mass is 269 g/mol. The first-order valence-corrected chi connectivity index (χ1v) is 6.09. The summed E-state index contributed by atoms with van der Waals surface area (Å²) >= 11 is 3.54. The van der Waals surface area contributed by atoms with Gasteiger partial charge < -0.3 is 11.1 Å². The van der Waals surface area contributed by atoms with Crippen LogP contribution in [0.3, 0.4) is 0 Å². The van der Waals surface area contributed by atoms with Crippen LogP contribution < -0.4 is 11.1 Å². The van der Waals surface area contributed by atoms with Gasteiger partial charge in [0.05, 0.1) is 4.47 Å². The summed E-state index contributed by atoms with van der Waals surface area (Å²) in [5.41, 5.74) is 6.94. The third-order valence-electron chi connectivity index (χ3n) is 2.85. The second kappa shape index (κ2) is 4.49. The molecule has 0 bridgehead atoms. The fraction of sp³-hybridized carbons (Fsp3) is 0.545. The third kappa shape index (κ3) is 2.49. The van der Waals surface area contributed by atoms with Gasteiger partial charge in [-0.05, 0) is 53.2 Å². The van der Waals surface area contributed by atoms with Crippen LogP contribution in [0.2, 0.25) is 0 Å². The Hall–Kier alpha value is -0.610. The van der Waals surface area contributed by atoms with Gasteiger partial charge in [-0.1, -0.05) is 0 Å². The second-order valence-corrected chi connectivity index (χ2v) is 4.91. The Morgan fingerprint density at radius 2 is 2.40 bits per heavy atom. The van der Waals surface area contributed by atoms with Crippen LogP contribution in [-0.4, -0.2) is 17.6 Å². The van der Waals surface area contributed by atoms with Gasteiger partial charge in [-0.25, -0.2) is 4.98 Å². The van der Waals surface area contributed by atoms with Crippen molar-refractivity contribution in [3.05, 3.63) is 22.3 Å². The van der Waals surface area contributed by atoms with Gasteiger partial charge in [0.2, 0.25) is 0 Å². The number of hydrogen-bond acceptors (Lipinski definition) is 3. The van der Waals surface area contributed by atoms with E-state index in [9.17, 15) is 0 Å². The fourth-order valence-corrected chi connectivity index (χ4v) is 2.03. The van der Waals surface area contributed by atoms with E-state index < -0.39 is 0 Å². The highest BCUT2D eigenvalue weighted by Gasteiger charge is 2.30. The van der Waals surface area contributed by atoms with Crippen molar-refractivity contribution in [2.75, 3.05) is 11.9 Å². The van der Waals surface area contributed by atoms with E-state index in [1.807, 2.05) is 12.3 Å². The maximum Gasteiger partial charge on any atom is 0.140 e. The van der Waals surface area contributed by atoms with Crippen molar-refractivity contribution in [2.24, 2.45) is 11.7 Å². The van der Waals surface area contributed by atoms with Gasteiger partial charge in [0.15, 0.2) is 0 Å². The van der Waals surface area contributed by atoms with Gasteiger partial charge in [-0.15, -0.1) is 0 Å². The van der Waals surface area contributed by atoms with Crippen LogP contribution in [0.25, 0.3) is 0 Å². The summed E-state index contributed by atoms with van der Waals surface area (Å²) in [6, 6.07) is 2.36. The third-order valence-corrected chi connectivity index (χ3v) is 3.85. The first-order chi connectivity index (χ1) is 7.22. The Bertz CT molecular complexity index is 350. The minimum Gasteiger partial charge on any atom is -0.365 e. The highest BCUT2D eigenvalue weighted by Crippen LogP contribution is 2.34. The van der Waals surface area contributed by atoms with E-state index in [0.717, 1.165) is 16.2 Å². The van der Waals surface area contributed by atoms with Crippen LogP contribution >= 0.6 is 15.9 Å². The van der Waals surface area contributed by atoms with Gasteiger partial charge in [0, 0.05) is 18.8 Å². The molecule has 1 atom stereocenters. The zero-order valence-electron chi connectivity index (χ0n) is 8.83. The van der Waals surface area contributed by atoms with E-state index in [2.05, 4.69) is 33.2 Å².